The first-order valence-electron chi connectivity index (χ1n) is 13.2. The maximum Gasteiger partial charge on any atom is 0.416 e. The summed E-state index contributed by atoms with van der Waals surface area (Å²) in [6.07, 6.45) is 0.203. The molecule has 3 aliphatic rings. The van der Waals surface area contributed by atoms with Gasteiger partial charge >= 0.3 is 6.18 Å². The summed E-state index contributed by atoms with van der Waals surface area (Å²) < 4.78 is 50.8. The van der Waals surface area contributed by atoms with E-state index in [0.29, 0.717) is 67.9 Å². The van der Waals surface area contributed by atoms with Crippen LogP contribution in [0.2, 0.25) is 0 Å². The molecule has 2 aromatic rings. The Hall–Kier alpha value is -2.76. The van der Waals surface area contributed by atoms with E-state index in [1.807, 2.05) is 16.7 Å². The van der Waals surface area contributed by atoms with Crippen molar-refractivity contribution in [1.29, 1.82) is 0 Å². The highest BCUT2D eigenvalue weighted by Crippen LogP contribution is 2.33. The Kier molecular flexibility index (Phi) is 7.88. The Labute approximate surface area is 220 Å². The van der Waals surface area contributed by atoms with Gasteiger partial charge in [-0.2, -0.15) is 13.2 Å². The third kappa shape index (κ3) is 5.64. The Morgan fingerprint density at radius 1 is 1.13 bits per heavy atom. The molecule has 1 aromatic heterocycles. The lowest BCUT2D eigenvalue weighted by Gasteiger charge is -2.38. The first-order valence-corrected chi connectivity index (χ1v) is 13.2. The Bertz CT molecular complexity index is 1150. The summed E-state index contributed by atoms with van der Waals surface area (Å²) in [4.78, 5) is 25.9. The summed E-state index contributed by atoms with van der Waals surface area (Å²) in [6.45, 7) is 5.27. The van der Waals surface area contributed by atoms with E-state index in [2.05, 4.69) is 15.3 Å². The number of fused-ring (bicyclic) bond motifs is 1. The minimum absolute atomic E-state index is 0.0345. The molecular formula is C27H34F3N5O3. The molecule has 1 amide bonds. The van der Waals surface area contributed by atoms with Crippen LogP contribution in [0.3, 0.4) is 0 Å². The van der Waals surface area contributed by atoms with Crippen LogP contribution in [0.5, 0.6) is 0 Å². The van der Waals surface area contributed by atoms with E-state index in [1.54, 1.807) is 13.2 Å². The largest absolute Gasteiger partial charge is 0.416 e. The SMILES string of the molecule is CO[C@@H]1COCC[C@@H]1NC1CCN(C(=O)c2ncnc(N3CCc4ccc(C(F)(F)F)cc4C3)c2C)CC1. The van der Waals surface area contributed by atoms with Crippen molar-refractivity contribution in [3.63, 3.8) is 0 Å². The smallest absolute Gasteiger partial charge is 0.379 e. The number of hydrogen-bond donors (Lipinski definition) is 1. The molecule has 2 atom stereocenters. The molecule has 5 rings (SSSR count). The number of carbonyl (C=O) groups is 1. The highest BCUT2D eigenvalue weighted by molar-refractivity contribution is 5.94. The van der Waals surface area contributed by atoms with Gasteiger partial charge in [-0.15, -0.1) is 0 Å². The number of benzene rings is 1. The number of nitrogens with zero attached hydrogens (tertiary/aromatic N) is 4. The molecule has 2 saturated heterocycles. The molecule has 0 radical (unpaired) electrons. The van der Waals surface area contributed by atoms with E-state index in [4.69, 9.17) is 9.47 Å². The van der Waals surface area contributed by atoms with Gasteiger partial charge in [-0.1, -0.05) is 6.07 Å². The lowest BCUT2D eigenvalue weighted by Crippen LogP contribution is -2.54. The Morgan fingerprint density at radius 3 is 2.66 bits per heavy atom. The molecule has 38 heavy (non-hydrogen) atoms. The molecule has 0 spiro atoms. The van der Waals surface area contributed by atoms with Gasteiger partial charge in [-0.3, -0.25) is 4.79 Å². The fourth-order valence-electron chi connectivity index (χ4n) is 5.73. The maximum absolute atomic E-state index is 13.4. The van der Waals surface area contributed by atoms with Crippen molar-refractivity contribution in [3.8, 4) is 0 Å². The number of methoxy groups -OCH3 is 1. The normalized spacial score (nSPS) is 22.9. The van der Waals surface area contributed by atoms with Crippen molar-refractivity contribution in [2.75, 3.05) is 44.9 Å². The number of carbonyl (C=O) groups excluding carboxylic acids is 1. The molecule has 3 aliphatic heterocycles. The monoisotopic (exact) mass is 533 g/mol. The quantitative estimate of drug-likeness (QED) is 0.632. The number of piperidine rings is 1. The van der Waals surface area contributed by atoms with Crippen molar-refractivity contribution in [2.24, 2.45) is 0 Å². The fourth-order valence-corrected chi connectivity index (χ4v) is 5.73. The number of ether oxygens (including phenoxy) is 2. The van der Waals surface area contributed by atoms with Crippen LogP contribution in [0, 0.1) is 6.92 Å². The molecule has 1 N–H and O–H groups in total. The molecule has 0 aliphatic carbocycles. The Morgan fingerprint density at radius 2 is 1.92 bits per heavy atom. The number of anilines is 1. The average Bonchev–Trinajstić information content (AvgIpc) is 2.92. The zero-order chi connectivity index (χ0) is 26.9. The molecule has 4 heterocycles. The molecule has 8 nitrogen and oxygen atoms in total. The van der Waals surface area contributed by atoms with Gasteiger partial charge in [0.2, 0.25) is 0 Å². The number of nitrogens with one attached hydrogen (secondary N) is 1. The average molecular weight is 534 g/mol. The zero-order valence-electron chi connectivity index (χ0n) is 21.8. The van der Waals surface area contributed by atoms with Gasteiger partial charge < -0.3 is 24.6 Å². The van der Waals surface area contributed by atoms with E-state index in [1.165, 1.54) is 12.4 Å². The summed E-state index contributed by atoms with van der Waals surface area (Å²) in [6, 6.07) is 4.47. The van der Waals surface area contributed by atoms with Crippen LogP contribution in [0.4, 0.5) is 19.0 Å². The van der Waals surface area contributed by atoms with E-state index in [9.17, 15) is 18.0 Å². The molecular weight excluding hydrogens is 499 g/mol. The first kappa shape index (κ1) is 26.8. The van der Waals surface area contributed by atoms with E-state index >= 15 is 0 Å². The van der Waals surface area contributed by atoms with Gasteiger partial charge in [0.15, 0.2) is 0 Å². The predicted molar refractivity (Wildman–Crippen MR) is 135 cm³/mol. The summed E-state index contributed by atoms with van der Waals surface area (Å²) in [5, 5.41) is 3.70. The summed E-state index contributed by atoms with van der Waals surface area (Å²) in [5.41, 5.74) is 1.89. The second-order valence-corrected chi connectivity index (χ2v) is 10.3. The van der Waals surface area contributed by atoms with E-state index < -0.39 is 11.7 Å². The van der Waals surface area contributed by atoms with E-state index in [0.717, 1.165) is 37.5 Å². The summed E-state index contributed by atoms with van der Waals surface area (Å²) in [5.74, 6) is 0.454. The number of alkyl halides is 3. The fraction of sp³-hybridized carbons (Fsp3) is 0.593. The lowest BCUT2D eigenvalue weighted by molar-refractivity contribution is -0.137. The van der Waals surface area contributed by atoms with Crippen molar-refractivity contribution >= 4 is 11.7 Å². The van der Waals surface area contributed by atoms with Crippen molar-refractivity contribution in [1.82, 2.24) is 20.2 Å². The Balaban J connectivity index is 1.24. The van der Waals surface area contributed by atoms with Crippen molar-refractivity contribution in [2.45, 2.75) is 63.5 Å². The molecule has 2 fully saturated rings. The number of likely N-dealkylation sites (tertiary alicyclic amines) is 1. The van der Waals surface area contributed by atoms with Gasteiger partial charge in [0.25, 0.3) is 5.91 Å². The van der Waals surface area contributed by atoms with Crippen LogP contribution >= 0.6 is 0 Å². The van der Waals surface area contributed by atoms with Crippen LogP contribution in [0.1, 0.15) is 52.0 Å². The van der Waals surface area contributed by atoms with Gasteiger partial charge in [0.05, 0.1) is 18.3 Å². The van der Waals surface area contributed by atoms with Crippen LogP contribution in [-0.4, -0.2) is 78.9 Å². The molecule has 0 unspecified atom stereocenters. The second-order valence-electron chi connectivity index (χ2n) is 10.3. The van der Waals surface area contributed by atoms with Crippen LogP contribution in [-0.2, 0) is 28.6 Å². The number of aromatic nitrogens is 2. The van der Waals surface area contributed by atoms with Gasteiger partial charge in [0, 0.05) is 57.5 Å². The van der Waals surface area contributed by atoms with Gasteiger partial charge in [-0.05, 0) is 55.9 Å². The summed E-state index contributed by atoms with van der Waals surface area (Å²) in [7, 11) is 1.70. The predicted octanol–water partition coefficient (Wildman–Crippen LogP) is 3.36. The number of hydrogen-bond acceptors (Lipinski definition) is 7. The lowest BCUT2D eigenvalue weighted by atomic mass is 9.96. The minimum atomic E-state index is -4.39. The number of rotatable bonds is 5. The molecule has 0 bridgehead atoms. The third-order valence-corrected chi connectivity index (χ3v) is 7.94. The third-order valence-electron chi connectivity index (χ3n) is 7.94. The highest BCUT2D eigenvalue weighted by atomic mass is 19.4. The molecule has 11 heteroatoms. The zero-order valence-corrected chi connectivity index (χ0v) is 21.8. The van der Waals surface area contributed by atoms with Gasteiger partial charge in [-0.25, -0.2) is 9.97 Å². The minimum Gasteiger partial charge on any atom is -0.379 e. The molecule has 1 aromatic carbocycles. The van der Waals surface area contributed by atoms with Gasteiger partial charge in [0.1, 0.15) is 17.8 Å². The van der Waals surface area contributed by atoms with Crippen molar-refractivity contribution < 1.29 is 27.4 Å². The van der Waals surface area contributed by atoms with E-state index in [-0.39, 0.29) is 18.1 Å². The summed E-state index contributed by atoms with van der Waals surface area (Å²) >= 11 is 0. The highest BCUT2D eigenvalue weighted by Gasteiger charge is 2.33. The number of amides is 1. The molecule has 206 valence electrons. The van der Waals surface area contributed by atoms with Crippen LogP contribution < -0.4 is 10.2 Å². The maximum atomic E-state index is 13.4. The van der Waals surface area contributed by atoms with Crippen LogP contribution in [0.15, 0.2) is 24.5 Å². The molecule has 0 saturated carbocycles. The standard InChI is InChI=1S/C27H34F3N5O3/c1-17-24(26(36)34-10-6-21(7-11-34)33-22-8-12-38-15-23(22)37-2)31-16-32-25(17)35-9-5-18-3-4-20(27(28,29)30)13-19(18)14-35/h3-4,13,16,21-23,33H,5-12,14-15H2,1-2H3/t22-,23+/m0/s1. The van der Waals surface area contributed by atoms with Crippen LogP contribution in [0.25, 0.3) is 0 Å². The topological polar surface area (TPSA) is 79.8 Å². The van der Waals surface area contributed by atoms with Crippen molar-refractivity contribution in [3.05, 3.63) is 52.5 Å². The first-order chi connectivity index (χ1) is 18.2. The number of halogens is 3. The second kappa shape index (κ2) is 11.2.